The van der Waals surface area contributed by atoms with Crippen LogP contribution in [0.4, 0.5) is 5.69 Å². The van der Waals surface area contributed by atoms with E-state index in [0.29, 0.717) is 17.1 Å². The highest BCUT2D eigenvalue weighted by Gasteiger charge is 2.16. The maximum atomic E-state index is 12.1. The number of nitrogens with one attached hydrogen (secondary N) is 1. The van der Waals surface area contributed by atoms with Crippen LogP contribution >= 0.6 is 12.4 Å². The van der Waals surface area contributed by atoms with Crippen molar-refractivity contribution in [2.24, 2.45) is 0 Å². The molecule has 2 rings (SSSR count). The van der Waals surface area contributed by atoms with E-state index in [4.69, 9.17) is 5.73 Å². The molecule has 1 aromatic carbocycles. The number of anilines is 1. The predicted octanol–water partition coefficient (Wildman–Crippen LogP) is 1.87. The average Bonchev–Trinajstić information content (AvgIpc) is 2.85. The third-order valence-electron chi connectivity index (χ3n) is 2.62. The summed E-state index contributed by atoms with van der Waals surface area (Å²) in [5.41, 5.74) is 7.63. The summed E-state index contributed by atoms with van der Waals surface area (Å²) in [5, 5.41) is 6.46. The molecule has 1 heterocycles. The van der Waals surface area contributed by atoms with Crippen LogP contribution in [-0.2, 0) is 0 Å². The molecule has 2 aromatic rings. The Morgan fingerprint density at radius 1 is 1.47 bits per heavy atom. The van der Waals surface area contributed by atoms with Crippen molar-refractivity contribution in [3.05, 3.63) is 41.5 Å². The first-order chi connectivity index (χ1) is 8.58. The van der Waals surface area contributed by atoms with Gasteiger partial charge in [0.2, 0.25) is 6.39 Å². The van der Waals surface area contributed by atoms with E-state index < -0.39 is 0 Å². The number of aromatic nitrogens is 2. The zero-order chi connectivity index (χ0) is 13.1. The van der Waals surface area contributed by atoms with Gasteiger partial charge in [-0.05, 0) is 31.5 Å². The Bertz CT molecular complexity index is 557. The quantitative estimate of drug-likeness (QED) is 0.838. The summed E-state index contributed by atoms with van der Waals surface area (Å²) >= 11 is 0. The summed E-state index contributed by atoms with van der Waals surface area (Å²) in [6, 6.07) is 4.89. The Balaban J connectivity index is 0.00000180. The van der Waals surface area contributed by atoms with E-state index in [9.17, 15) is 4.79 Å². The number of carbonyl (C=O) groups is 1. The van der Waals surface area contributed by atoms with Crippen molar-refractivity contribution < 1.29 is 9.32 Å². The molecule has 0 spiro atoms. The topological polar surface area (TPSA) is 94.0 Å². The van der Waals surface area contributed by atoms with E-state index in [2.05, 4.69) is 20.0 Å². The summed E-state index contributed by atoms with van der Waals surface area (Å²) in [5.74, 6) is 0.224. The van der Waals surface area contributed by atoms with Gasteiger partial charge in [-0.15, -0.1) is 12.4 Å². The zero-order valence-corrected chi connectivity index (χ0v) is 11.4. The second-order valence-corrected chi connectivity index (χ2v) is 4.06. The van der Waals surface area contributed by atoms with Crippen molar-refractivity contribution in [2.45, 2.75) is 19.9 Å². The van der Waals surface area contributed by atoms with Gasteiger partial charge in [0.15, 0.2) is 5.82 Å². The van der Waals surface area contributed by atoms with E-state index in [0.717, 1.165) is 5.56 Å². The van der Waals surface area contributed by atoms with Crippen molar-refractivity contribution in [3.8, 4) is 0 Å². The van der Waals surface area contributed by atoms with Crippen LogP contribution in [0.5, 0.6) is 0 Å². The van der Waals surface area contributed by atoms with Gasteiger partial charge < -0.3 is 15.6 Å². The average molecular weight is 283 g/mol. The fraction of sp³-hybridized carbons (Fsp3) is 0.250. The van der Waals surface area contributed by atoms with Crippen LogP contribution in [0, 0.1) is 6.92 Å². The number of benzene rings is 1. The number of nitrogens with two attached hydrogens (primary N) is 1. The zero-order valence-electron chi connectivity index (χ0n) is 10.6. The molecular weight excluding hydrogens is 268 g/mol. The second kappa shape index (κ2) is 6.19. The second-order valence-electron chi connectivity index (χ2n) is 4.06. The standard InChI is InChI=1S/C12H14N4O2.ClH/c1-7-3-4-9(13)5-10(7)12(17)15-8(2)11-14-6-18-16-11;/h3-6,8H,13H2,1-2H3,(H,15,17);1H. The number of amides is 1. The minimum absolute atomic E-state index is 0. The lowest BCUT2D eigenvalue weighted by atomic mass is 10.1. The molecule has 0 aliphatic rings. The molecule has 0 fully saturated rings. The van der Waals surface area contributed by atoms with Crippen molar-refractivity contribution in [2.75, 3.05) is 5.73 Å². The number of halogens is 1. The summed E-state index contributed by atoms with van der Waals surface area (Å²) in [4.78, 5) is 16.0. The van der Waals surface area contributed by atoms with Gasteiger partial charge in [0.25, 0.3) is 5.91 Å². The van der Waals surface area contributed by atoms with Crippen molar-refractivity contribution in [1.29, 1.82) is 0 Å². The molecule has 1 aromatic heterocycles. The van der Waals surface area contributed by atoms with Crippen molar-refractivity contribution in [1.82, 2.24) is 15.5 Å². The monoisotopic (exact) mass is 282 g/mol. The normalized spacial score (nSPS) is 11.5. The fourth-order valence-electron chi connectivity index (χ4n) is 1.59. The minimum atomic E-state index is -0.322. The Morgan fingerprint density at radius 3 is 2.84 bits per heavy atom. The highest BCUT2D eigenvalue weighted by molar-refractivity contribution is 5.96. The number of carbonyl (C=O) groups excluding carboxylic acids is 1. The van der Waals surface area contributed by atoms with Gasteiger partial charge in [-0.2, -0.15) is 4.98 Å². The van der Waals surface area contributed by atoms with Crippen LogP contribution in [0.3, 0.4) is 0 Å². The number of aryl methyl sites for hydroxylation is 1. The third-order valence-corrected chi connectivity index (χ3v) is 2.62. The highest BCUT2D eigenvalue weighted by atomic mass is 35.5. The Labute approximate surface area is 116 Å². The summed E-state index contributed by atoms with van der Waals surface area (Å²) in [6.45, 7) is 3.64. The summed E-state index contributed by atoms with van der Waals surface area (Å²) < 4.78 is 4.63. The number of nitrogens with zero attached hydrogens (tertiary/aromatic N) is 2. The maximum Gasteiger partial charge on any atom is 0.252 e. The molecule has 0 saturated carbocycles. The van der Waals surface area contributed by atoms with E-state index in [1.807, 2.05) is 13.0 Å². The molecule has 0 aliphatic heterocycles. The number of nitrogen functional groups attached to an aromatic ring is 1. The minimum Gasteiger partial charge on any atom is -0.399 e. The number of rotatable bonds is 3. The number of hydrogen-bond acceptors (Lipinski definition) is 5. The molecule has 0 radical (unpaired) electrons. The van der Waals surface area contributed by atoms with Crippen LogP contribution in [0.2, 0.25) is 0 Å². The first-order valence-electron chi connectivity index (χ1n) is 5.51. The van der Waals surface area contributed by atoms with Gasteiger partial charge in [-0.1, -0.05) is 11.2 Å². The van der Waals surface area contributed by atoms with Gasteiger partial charge >= 0.3 is 0 Å². The van der Waals surface area contributed by atoms with E-state index in [-0.39, 0.29) is 24.4 Å². The van der Waals surface area contributed by atoms with Gasteiger partial charge in [0, 0.05) is 11.3 Å². The molecule has 0 saturated heterocycles. The highest BCUT2D eigenvalue weighted by Crippen LogP contribution is 2.14. The van der Waals surface area contributed by atoms with Gasteiger partial charge in [-0.25, -0.2) is 0 Å². The summed E-state index contributed by atoms with van der Waals surface area (Å²) in [7, 11) is 0. The summed E-state index contributed by atoms with van der Waals surface area (Å²) in [6.07, 6.45) is 1.23. The van der Waals surface area contributed by atoms with Gasteiger partial charge in [-0.3, -0.25) is 4.79 Å². The van der Waals surface area contributed by atoms with E-state index in [1.165, 1.54) is 6.39 Å². The molecule has 102 valence electrons. The maximum absolute atomic E-state index is 12.1. The lowest BCUT2D eigenvalue weighted by molar-refractivity contribution is 0.0937. The number of hydrogen-bond donors (Lipinski definition) is 2. The Hall–Kier alpha value is -2.08. The third kappa shape index (κ3) is 3.45. The molecule has 6 nitrogen and oxygen atoms in total. The first-order valence-corrected chi connectivity index (χ1v) is 5.51. The van der Waals surface area contributed by atoms with Crippen LogP contribution in [-0.4, -0.2) is 16.0 Å². The molecule has 3 N–H and O–H groups in total. The lowest BCUT2D eigenvalue weighted by Gasteiger charge is -2.12. The van der Waals surface area contributed by atoms with E-state index in [1.54, 1.807) is 19.1 Å². The molecule has 1 unspecified atom stereocenters. The van der Waals surface area contributed by atoms with Gasteiger partial charge in [0.1, 0.15) is 0 Å². The molecule has 7 heteroatoms. The van der Waals surface area contributed by atoms with Crippen molar-refractivity contribution in [3.63, 3.8) is 0 Å². The van der Waals surface area contributed by atoms with E-state index >= 15 is 0 Å². The predicted molar refractivity (Wildman–Crippen MR) is 73.0 cm³/mol. The smallest absolute Gasteiger partial charge is 0.252 e. The molecule has 0 aliphatic carbocycles. The first kappa shape index (κ1) is 15.0. The molecule has 1 atom stereocenters. The molecule has 0 bridgehead atoms. The lowest BCUT2D eigenvalue weighted by Crippen LogP contribution is -2.28. The van der Waals surface area contributed by atoms with Crippen LogP contribution in [0.25, 0.3) is 0 Å². The Kier molecular flexibility index (Phi) is 4.88. The van der Waals surface area contributed by atoms with Crippen LogP contribution in [0.15, 0.2) is 29.1 Å². The largest absolute Gasteiger partial charge is 0.399 e. The molecule has 1 amide bonds. The SMILES string of the molecule is Cc1ccc(N)cc1C(=O)NC(C)c1ncon1.Cl. The van der Waals surface area contributed by atoms with Crippen molar-refractivity contribution >= 4 is 24.0 Å². The Morgan fingerprint density at radius 2 is 2.21 bits per heavy atom. The van der Waals surface area contributed by atoms with Crippen LogP contribution in [0.1, 0.15) is 34.7 Å². The molecule has 19 heavy (non-hydrogen) atoms. The van der Waals surface area contributed by atoms with Crippen LogP contribution < -0.4 is 11.1 Å². The van der Waals surface area contributed by atoms with Gasteiger partial charge in [0.05, 0.1) is 6.04 Å². The molecular formula is C12H15ClN4O2. The fourth-order valence-corrected chi connectivity index (χ4v) is 1.59.